The second-order valence-electron chi connectivity index (χ2n) is 4.89. The predicted octanol–water partition coefficient (Wildman–Crippen LogP) is 2.74. The molecule has 1 amide bonds. The first-order valence-corrected chi connectivity index (χ1v) is 7.38. The molecule has 21 heavy (non-hydrogen) atoms. The fourth-order valence-corrected chi connectivity index (χ4v) is 2.20. The van der Waals surface area contributed by atoms with Crippen LogP contribution in [-0.4, -0.2) is 37.6 Å². The maximum atomic E-state index is 13.6. The molecule has 1 N–H and O–H groups in total. The third kappa shape index (κ3) is 5.01. The molecule has 0 spiro atoms. The molecule has 0 aliphatic carbocycles. The Balaban J connectivity index is 2.49. The van der Waals surface area contributed by atoms with E-state index in [1.54, 1.807) is 11.0 Å². The molecule has 0 fully saturated rings. The summed E-state index contributed by atoms with van der Waals surface area (Å²) in [6.45, 7) is 7.92. The van der Waals surface area contributed by atoms with Gasteiger partial charge in [-0.1, -0.05) is 6.07 Å². The van der Waals surface area contributed by atoms with Gasteiger partial charge in [0.2, 0.25) is 5.91 Å². The van der Waals surface area contributed by atoms with Crippen LogP contribution in [0.2, 0.25) is 0 Å². The summed E-state index contributed by atoms with van der Waals surface area (Å²) in [5.41, 5.74) is 0.837. The van der Waals surface area contributed by atoms with Crippen LogP contribution in [0.4, 0.5) is 4.39 Å². The quantitative estimate of drug-likeness (QED) is 0.802. The smallest absolute Gasteiger partial charge is 0.223 e. The molecule has 0 bridgehead atoms. The maximum absolute atomic E-state index is 13.6. The number of benzene rings is 1. The van der Waals surface area contributed by atoms with Crippen LogP contribution in [0.25, 0.3) is 0 Å². The van der Waals surface area contributed by atoms with Crippen LogP contribution >= 0.6 is 0 Å². The number of methoxy groups -OCH3 is 1. The number of ether oxygens (including phenoxy) is 1. The molecule has 1 atom stereocenters. The lowest BCUT2D eigenvalue weighted by Crippen LogP contribution is -2.33. The molecular formula is C16H25FN2O2. The molecule has 0 saturated carbocycles. The van der Waals surface area contributed by atoms with Crippen molar-refractivity contribution < 1.29 is 13.9 Å². The van der Waals surface area contributed by atoms with Crippen LogP contribution in [0.15, 0.2) is 18.2 Å². The monoisotopic (exact) mass is 296 g/mol. The average molecular weight is 296 g/mol. The predicted molar refractivity (Wildman–Crippen MR) is 81.9 cm³/mol. The van der Waals surface area contributed by atoms with Gasteiger partial charge in [0, 0.05) is 32.1 Å². The summed E-state index contributed by atoms with van der Waals surface area (Å²) in [7, 11) is 1.44. The average Bonchev–Trinajstić information content (AvgIpc) is 2.48. The first-order valence-electron chi connectivity index (χ1n) is 7.38. The van der Waals surface area contributed by atoms with Crippen molar-refractivity contribution in [1.82, 2.24) is 10.2 Å². The Kier molecular flexibility index (Phi) is 7.15. The first kappa shape index (κ1) is 17.4. The van der Waals surface area contributed by atoms with E-state index in [2.05, 4.69) is 5.32 Å². The summed E-state index contributed by atoms with van der Waals surface area (Å²) in [6, 6.07) is 4.88. The van der Waals surface area contributed by atoms with Crippen LogP contribution < -0.4 is 10.1 Å². The number of hydrogen-bond acceptors (Lipinski definition) is 3. The van der Waals surface area contributed by atoms with Gasteiger partial charge in [-0.05, 0) is 38.5 Å². The van der Waals surface area contributed by atoms with Crippen LogP contribution in [0.5, 0.6) is 5.75 Å². The summed E-state index contributed by atoms with van der Waals surface area (Å²) < 4.78 is 18.5. The van der Waals surface area contributed by atoms with E-state index >= 15 is 0 Å². The fraction of sp³-hybridized carbons (Fsp3) is 0.562. The van der Waals surface area contributed by atoms with E-state index in [4.69, 9.17) is 4.74 Å². The molecule has 0 saturated heterocycles. The Bertz CT molecular complexity index is 462. The second kappa shape index (κ2) is 8.62. The third-order valence-electron chi connectivity index (χ3n) is 3.58. The summed E-state index contributed by atoms with van der Waals surface area (Å²) >= 11 is 0. The van der Waals surface area contributed by atoms with Crippen molar-refractivity contribution in [2.45, 2.75) is 33.2 Å². The molecule has 1 aromatic carbocycles. The lowest BCUT2D eigenvalue weighted by Gasteiger charge is -2.20. The lowest BCUT2D eigenvalue weighted by atomic mass is 10.1. The van der Waals surface area contributed by atoms with Crippen molar-refractivity contribution in [2.75, 3.05) is 26.7 Å². The summed E-state index contributed by atoms with van der Waals surface area (Å²) in [6.07, 6.45) is 0.449. The Morgan fingerprint density at radius 3 is 2.57 bits per heavy atom. The zero-order valence-electron chi connectivity index (χ0n) is 13.3. The minimum Gasteiger partial charge on any atom is -0.494 e. The Morgan fingerprint density at radius 2 is 2.05 bits per heavy atom. The highest BCUT2D eigenvalue weighted by molar-refractivity contribution is 5.76. The molecule has 4 nitrogen and oxygen atoms in total. The van der Waals surface area contributed by atoms with Crippen LogP contribution in [-0.2, 0) is 4.79 Å². The molecule has 0 aliphatic rings. The number of carbonyl (C=O) groups excluding carboxylic acids is 1. The van der Waals surface area contributed by atoms with Crippen molar-refractivity contribution in [3.63, 3.8) is 0 Å². The van der Waals surface area contributed by atoms with Gasteiger partial charge in [0.15, 0.2) is 11.6 Å². The molecule has 118 valence electrons. The molecule has 1 rings (SSSR count). The van der Waals surface area contributed by atoms with Gasteiger partial charge in [0.25, 0.3) is 0 Å². The van der Waals surface area contributed by atoms with Crippen molar-refractivity contribution in [2.24, 2.45) is 0 Å². The number of amides is 1. The Labute approximate surface area is 126 Å². The molecule has 1 unspecified atom stereocenters. The number of rotatable bonds is 8. The van der Waals surface area contributed by atoms with Gasteiger partial charge >= 0.3 is 0 Å². The van der Waals surface area contributed by atoms with Crippen LogP contribution in [0, 0.1) is 5.82 Å². The highest BCUT2D eigenvalue weighted by Crippen LogP contribution is 2.21. The summed E-state index contributed by atoms with van der Waals surface area (Å²) in [5.74, 6) is 0.00569. The number of hydrogen-bond donors (Lipinski definition) is 1. The standard InChI is InChI=1S/C16H25FN2O2/c1-5-19(6-2)16(20)9-10-18-12(3)13-7-8-15(21-4)14(17)11-13/h7-8,11-12,18H,5-6,9-10H2,1-4H3. The molecule has 0 radical (unpaired) electrons. The van der Waals surface area contributed by atoms with Gasteiger partial charge in [0.05, 0.1) is 7.11 Å². The SMILES string of the molecule is CCN(CC)C(=O)CCNC(C)c1ccc(OC)c(F)c1. The van der Waals surface area contributed by atoms with E-state index in [0.29, 0.717) is 13.0 Å². The van der Waals surface area contributed by atoms with Gasteiger partial charge in [0.1, 0.15) is 0 Å². The van der Waals surface area contributed by atoms with Crippen LogP contribution in [0.1, 0.15) is 38.8 Å². The van der Waals surface area contributed by atoms with Crippen molar-refractivity contribution >= 4 is 5.91 Å². The van der Waals surface area contributed by atoms with E-state index < -0.39 is 0 Å². The summed E-state index contributed by atoms with van der Waals surface area (Å²) in [4.78, 5) is 13.7. The summed E-state index contributed by atoms with van der Waals surface area (Å²) in [5, 5.41) is 3.24. The van der Waals surface area contributed by atoms with E-state index in [0.717, 1.165) is 18.7 Å². The molecular weight excluding hydrogens is 271 g/mol. The molecule has 1 aromatic rings. The molecule has 0 aromatic heterocycles. The van der Waals surface area contributed by atoms with E-state index in [1.807, 2.05) is 26.8 Å². The number of carbonyl (C=O) groups is 1. The van der Waals surface area contributed by atoms with Gasteiger partial charge in [-0.25, -0.2) is 4.39 Å². The highest BCUT2D eigenvalue weighted by Gasteiger charge is 2.12. The fourth-order valence-electron chi connectivity index (χ4n) is 2.20. The molecule has 0 heterocycles. The Hall–Kier alpha value is -1.62. The van der Waals surface area contributed by atoms with Gasteiger partial charge < -0.3 is 15.0 Å². The minimum absolute atomic E-state index is 0.0186. The third-order valence-corrected chi connectivity index (χ3v) is 3.58. The Morgan fingerprint density at radius 1 is 1.38 bits per heavy atom. The minimum atomic E-state index is -0.372. The molecule has 5 heteroatoms. The zero-order chi connectivity index (χ0) is 15.8. The van der Waals surface area contributed by atoms with Crippen LogP contribution in [0.3, 0.4) is 0 Å². The van der Waals surface area contributed by atoms with E-state index in [-0.39, 0.29) is 23.5 Å². The van der Waals surface area contributed by atoms with Gasteiger partial charge in [-0.15, -0.1) is 0 Å². The largest absolute Gasteiger partial charge is 0.494 e. The van der Waals surface area contributed by atoms with E-state index in [1.165, 1.54) is 13.2 Å². The molecule has 0 aliphatic heterocycles. The van der Waals surface area contributed by atoms with Crippen molar-refractivity contribution in [3.05, 3.63) is 29.6 Å². The first-order chi connectivity index (χ1) is 10.0. The van der Waals surface area contributed by atoms with Crippen molar-refractivity contribution in [3.8, 4) is 5.75 Å². The number of nitrogens with zero attached hydrogens (tertiary/aromatic N) is 1. The normalized spacial score (nSPS) is 12.0. The maximum Gasteiger partial charge on any atom is 0.223 e. The van der Waals surface area contributed by atoms with Gasteiger partial charge in [-0.2, -0.15) is 0 Å². The lowest BCUT2D eigenvalue weighted by molar-refractivity contribution is -0.130. The van der Waals surface area contributed by atoms with E-state index in [9.17, 15) is 9.18 Å². The topological polar surface area (TPSA) is 41.6 Å². The number of halogens is 1. The van der Waals surface area contributed by atoms with Gasteiger partial charge in [-0.3, -0.25) is 4.79 Å². The van der Waals surface area contributed by atoms with Crippen molar-refractivity contribution in [1.29, 1.82) is 0 Å². The zero-order valence-corrected chi connectivity index (χ0v) is 13.3. The number of nitrogens with one attached hydrogen (secondary N) is 1. The second-order valence-corrected chi connectivity index (χ2v) is 4.89. The highest BCUT2D eigenvalue weighted by atomic mass is 19.1.